The van der Waals surface area contributed by atoms with Crippen LogP contribution < -0.4 is 10.6 Å². The van der Waals surface area contributed by atoms with Gasteiger partial charge in [-0.2, -0.15) is 5.26 Å². The summed E-state index contributed by atoms with van der Waals surface area (Å²) in [6.45, 7) is 7.53. The Morgan fingerprint density at radius 3 is 2.64 bits per heavy atom. The summed E-state index contributed by atoms with van der Waals surface area (Å²) in [5.41, 5.74) is 8.73. The Hall–Kier alpha value is -2.27. The van der Waals surface area contributed by atoms with E-state index in [0.717, 1.165) is 25.9 Å². The Labute approximate surface area is 170 Å². The Morgan fingerprint density at radius 1 is 1.39 bits per heavy atom. The van der Waals surface area contributed by atoms with Crippen LogP contribution in [-0.4, -0.2) is 39.2 Å². The fourth-order valence-corrected chi connectivity index (χ4v) is 3.79. The van der Waals surface area contributed by atoms with Crippen molar-refractivity contribution < 1.29 is 5.11 Å². The van der Waals surface area contributed by atoms with Crippen LogP contribution in [0.4, 0.5) is 5.82 Å². The molecule has 1 saturated heterocycles. The van der Waals surface area contributed by atoms with Gasteiger partial charge < -0.3 is 15.7 Å². The maximum atomic E-state index is 9.93. The molecule has 2 aromatic rings. The minimum absolute atomic E-state index is 0.108. The number of aliphatic hydroxyl groups excluding tert-OH is 1. The average Bonchev–Trinajstić information content (AvgIpc) is 2.69. The first-order chi connectivity index (χ1) is 13.3. The first-order valence-electron chi connectivity index (χ1n) is 9.34. The van der Waals surface area contributed by atoms with Crippen molar-refractivity contribution in [3.05, 3.63) is 34.4 Å². The number of pyridine rings is 1. The third kappa shape index (κ3) is 3.68. The second-order valence-electron chi connectivity index (χ2n) is 7.65. The molecule has 2 aromatic heterocycles. The van der Waals surface area contributed by atoms with Crippen LogP contribution >= 0.6 is 11.6 Å². The van der Waals surface area contributed by atoms with Crippen molar-refractivity contribution in [3.8, 4) is 17.3 Å². The number of piperidine rings is 1. The first-order valence-corrected chi connectivity index (χ1v) is 9.72. The van der Waals surface area contributed by atoms with Crippen LogP contribution in [0.5, 0.6) is 0 Å². The molecule has 8 heteroatoms. The van der Waals surface area contributed by atoms with Gasteiger partial charge in [-0.1, -0.05) is 18.5 Å². The predicted octanol–water partition coefficient (Wildman–Crippen LogP) is 2.82. The second-order valence-corrected chi connectivity index (χ2v) is 8.03. The normalized spacial score (nSPS) is 17.2. The van der Waals surface area contributed by atoms with Crippen molar-refractivity contribution in [2.45, 2.75) is 46.3 Å². The summed E-state index contributed by atoms with van der Waals surface area (Å²) in [6.07, 6.45) is 3.44. The van der Waals surface area contributed by atoms with Crippen LogP contribution in [0.15, 0.2) is 12.3 Å². The van der Waals surface area contributed by atoms with E-state index in [2.05, 4.69) is 28.7 Å². The molecule has 7 nitrogen and oxygen atoms in total. The number of nitrogens with zero attached hydrogens (tertiary/aromatic N) is 5. The molecule has 3 rings (SSSR count). The summed E-state index contributed by atoms with van der Waals surface area (Å²) in [7, 11) is 0. The Morgan fingerprint density at radius 2 is 2.07 bits per heavy atom. The molecule has 1 atom stereocenters. The van der Waals surface area contributed by atoms with Gasteiger partial charge in [0.1, 0.15) is 11.8 Å². The molecule has 0 bridgehead atoms. The van der Waals surface area contributed by atoms with Crippen molar-refractivity contribution in [2.24, 2.45) is 11.1 Å². The lowest BCUT2D eigenvalue weighted by atomic mass is 9.75. The highest BCUT2D eigenvalue weighted by molar-refractivity contribution is 6.34. The summed E-state index contributed by atoms with van der Waals surface area (Å²) in [5, 5.41) is 19.3. The monoisotopic (exact) mass is 400 g/mol. The molecule has 0 amide bonds. The van der Waals surface area contributed by atoms with Crippen molar-refractivity contribution >= 4 is 17.4 Å². The Kier molecular flexibility index (Phi) is 5.84. The van der Waals surface area contributed by atoms with Crippen LogP contribution in [0.25, 0.3) is 11.3 Å². The molecule has 1 fully saturated rings. The number of aliphatic hydroxyl groups is 1. The summed E-state index contributed by atoms with van der Waals surface area (Å²) in [5.74, 6) is 0.696. The van der Waals surface area contributed by atoms with Gasteiger partial charge in [-0.15, -0.1) is 0 Å². The van der Waals surface area contributed by atoms with E-state index in [1.807, 2.05) is 13.0 Å². The molecular weight excluding hydrogens is 376 g/mol. The number of nitrogens with two attached hydrogens (primary N) is 1. The molecule has 148 valence electrons. The van der Waals surface area contributed by atoms with Gasteiger partial charge in [0.25, 0.3) is 0 Å². The molecule has 3 heterocycles. The van der Waals surface area contributed by atoms with Crippen molar-refractivity contribution in [1.82, 2.24) is 15.0 Å². The highest BCUT2D eigenvalue weighted by Crippen LogP contribution is 2.37. The quantitative estimate of drug-likeness (QED) is 0.811. The number of aryl methyl sites for hydroxylation is 1. The van der Waals surface area contributed by atoms with E-state index in [1.54, 1.807) is 6.07 Å². The first kappa shape index (κ1) is 20.5. The van der Waals surface area contributed by atoms with Gasteiger partial charge in [0.15, 0.2) is 11.5 Å². The average molecular weight is 401 g/mol. The van der Waals surface area contributed by atoms with Gasteiger partial charge in [-0.05, 0) is 38.2 Å². The largest absolute Gasteiger partial charge is 0.390 e. The lowest BCUT2D eigenvalue weighted by molar-refractivity contribution is 0.204. The molecule has 28 heavy (non-hydrogen) atoms. The SMILES string of the molecule is Cc1nc(N2CCC(C)([C@H](C)N)CC2)c(CO)nc1-c1ccnc(C#N)c1Cl. The van der Waals surface area contributed by atoms with Crippen LogP contribution in [-0.2, 0) is 6.61 Å². The minimum Gasteiger partial charge on any atom is -0.390 e. The topological polar surface area (TPSA) is 112 Å². The maximum Gasteiger partial charge on any atom is 0.159 e. The fraction of sp³-hybridized carbons (Fsp3) is 0.500. The van der Waals surface area contributed by atoms with Crippen LogP contribution in [0.3, 0.4) is 0 Å². The highest BCUT2D eigenvalue weighted by atomic mass is 35.5. The highest BCUT2D eigenvalue weighted by Gasteiger charge is 2.34. The van der Waals surface area contributed by atoms with Gasteiger partial charge in [-0.3, -0.25) is 0 Å². The zero-order valence-corrected chi connectivity index (χ0v) is 17.2. The van der Waals surface area contributed by atoms with Crippen molar-refractivity contribution in [1.29, 1.82) is 5.26 Å². The molecule has 0 aromatic carbocycles. The minimum atomic E-state index is -0.232. The maximum absolute atomic E-state index is 9.93. The van der Waals surface area contributed by atoms with Crippen LogP contribution in [0.2, 0.25) is 5.02 Å². The predicted molar refractivity (Wildman–Crippen MR) is 109 cm³/mol. The number of hydrogen-bond acceptors (Lipinski definition) is 7. The molecule has 0 unspecified atom stereocenters. The molecule has 0 aliphatic carbocycles. The zero-order valence-electron chi connectivity index (χ0n) is 16.4. The van der Waals surface area contributed by atoms with E-state index in [-0.39, 0.29) is 28.8 Å². The molecule has 3 N–H and O–H groups in total. The standard InChI is InChI=1S/C20H25ClN6O/c1-12-18(14-4-7-24-15(10-22)17(14)21)26-16(11-28)19(25-12)27-8-5-20(3,6-9-27)13(2)23/h4,7,13,28H,5-6,8-9,11,23H2,1-3H3/t13-/m0/s1. The molecule has 0 spiro atoms. The van der Waals surface area contributed by atoms with Gasteiger partial charge in [0.05, 0.1) is 23.0 Å². The number of hydrogen-bond donors (Lipinski definition) is 2. The molecule has 0 radical (unpaired) electrons. The summed E-state index contributed by atoms with van der Waals surface area (Å²) >= 11 is 6.32. The van der Waals surface area contributed by atoms with Crippen molar-refractivity contribution in [2.75, 3.05) is 18.0 Å². The smallest absolute Gasteiger partial charge is 0.159 e. The number of nitriles is 1. The lowest BCUT2D eigenvalue weighted by Gasteiger charge is -2.42. The number of aromatic nitrogens is 3. The number of anilines is 1. The van der Waals surface area contributed by atoms with E-state index >= 15 is 0 Å². The molecular formula is C20H25ClN6O. The summed E-state index contributed by atoms with van der Waals surface area (Å²) in [6, 6.07) is 3.81. The van der Waals surface area contributed by atoms with E-state index in [0.29, 0.717) is 28.5 Å². The van der Waals surface area contributed by atoms with Crippen molar-refractivity contribution in [3.63, 3.8) is 0 Å². The summed E-state index contributed by atoms with van der Waals surface area (Å²) < 4.78 is 0. The Bertz CT molecular complexity index is 916. The van der Waals surface area contributed by atoms with Crippen LogP contribution in [0.1, 0.15) is 43.8 Å². The third-order valence-electron chi connectivity index (χ3n) is 5.83. The Balaban J connectivity index is 1.97. The van der Waals surface area contributed by atoms with Gasteiger partial charge in [0.2, 0.25) is 0 Å². The van der Waals surface area contributed by atoms with Gasteiger partial charge >= 0.3 is 0 Å². The third-order valence-corrected chi connectivity index (χ3v) is 6.21. The molecule has 1 aliphatic heterocycles. The van der Waals surface area contributed by atoms with E-state index in [9.17, 15) is 5.11 Å². The van der Waals surface area contributed by atoms with E-state index < -0.39 is 0 Å². The van der Waals surface area contributed by atoms with E-state index in [4.69, 9.17) is 27.6 Å². The fourth-order valence-electron chi connectivity index (χ4n) is 3.55. The lowest BCUT2D eigenvalue weighted by Crippen LogP contribution is -2.47. The zero-order chi connectivity index (χ0) is 20.5. The number of rotatable bonds is 4. The van der Waals surface area contributed by atoms with Crippen LogP contribution in [0, 0.1) is 23.7 Å². The van der Waals surface area contributed by atoms with Gasteiger partial charge in [0, 0.05) is 30.9 Å². The number of halogens is 1. The van der Waals surface area contributed by atoms with E-state index in [1.165, 1.54) is 6.20 Å². The van der Waals surface area contributed by atoms with Gasteiger partial charge in [-0.25, -0.2) is 15.0 Å². The molecule has 1 aliphatic rings. The summed E-state index contributed by atoms with van der Waals surface area (Å²) in [4.78, 5) is 15.5. The second kappa shape index (κ2) is 8.00. The molecule has 0 saturated carbocycles.